The number of ether oxygens (including phenoxy) is 2. The lowest BCUT2D eigenvalue weighted by atomic mass is 10.2. The quantitative estimate of drug-likeness (QED) is 0.248. The summed E-state index contributed by atoms with van der Waals surface area (Å²) in [4.78, 5) is 24.0. The first-order valence-electron chi connectivity index (χ1n) is 10.2. The van der Waals surface area contributed by atoms with Crippen LogP contribution in [0.5, 0.6) is 11.5 Å². The van der Waals surface area contributed by atoms with E-state index in [-0.39, 0.29) is 24.7 Å². The second kappa shape index (κ2) is 12.9. The molecule has 0 fully saturated rings. The molecule has 0 aliphatic carbocycles. The summed E-state index contributed by atoms with van der Waals surface area (Å²) in [6.45, 7) is 7.05. The van der Waals surface area contributed by atoms with Crippen LogP contribution in [0.25, 0.3) is 0 Å². The maximum Gasteiger partial charge on any atom is 0.240 e. The number of aryl methyl sites for hydroxylation is 1. The molecule has 2 N–H and O–H groups in total. The molecule has 8 heteroatoms. The monoisotopic (exact) mass is 537 g/mol. The molecule has 2 aromatic carbocycles. The van der Waals surface area contributed by atoms with Crippen LogP contribution in [-0.4, -0.2) is 31.2 Å². The van der Waals surface area contributed by atoms with E-state index in [1.807, 2.05) is 57.2 Å². The van der Waals surface area contributed by atoms with Gasteiger partial charge in [-0.2, -0.15) is 5.10 Å². The summed E-state index contributed by atoms with van der Waals surface area (Å²) in [5, 5.41) is 6.76. The molecule has 0 saturated heterocycles. The van der Waals surface area contributed by atoms with Crippen LogP contribution in [-0.2, 0) is 9.59 Å². The molecule has 2 aromatic rings. The highest BCUT2D eigenvalue weighted by Crippen LogP contribution is 2.34. The predicted molar refractivity (Wildman–Crippen MR) is 131 cm³/mol. The fourth-order valence-corrected chi connectivity index (χ4v) is 3.37. The van der Waals surface area contributed by atoms with E-state index in [0.717, 1.165) is 21.1 Å². The van der Waals surface area contributed by atoms with E-state index in [1.165, 1.54) is 0 Å². The summed E-state index contributed by atoms with van der Waals surface area (Å²) < 4.78 is 12.4. The molecular formula is C23H28IN3O4. The van der Waals surface area contributed by atoms with E-state index in [2.05, 4.69) is 38.4 Å². The number of hydrogen-bond acceptors (Lipinski definition) is 5. The zero-order chi connectivity index (χ0) is 22.6. The Labute approximate surface area is 196 Å². The smallest absolute Gasteiger partial charge is 0.240 e. The number of anilines is 1. The van der Waals surface area contributed by atoms with E-state index in [4.69, 9.17) is 9.47 Å². The second-order valence-corrected chi connectivity index (χ2v) is 7.98. The number of hydrazone groups is 1. The van der Waals surface area contributed by atoms with Crippen molar-refractivity contribution < 1.29 is 19.1 Å². The van der Waals surface area contributed by atoms with Gasteiger partial charge in [0.25, 0.3) is 0 Å². The van der Waals surface area contributed by atoms with Crippen LogP contribution in [0.1, 0.15) is 44.2 Å². The summed E-state index contributed by atoms with van der Waals surface area (Å²) in [5.74, 6) is 0.799. The van der Waals surface area contributed by atoms with E-state index >= 15 is 0 Å². The number of amides is 2. The topological polar surface area (TPSA) is 89.0 Å². The van der Waals surface area contributed by atoms with Gasteiger partial charge in [-0.25, -0.2) is 5.43 Å². The molecule has 31 heavy (non-hydrogen) atoms. The summed E-state index contributed by atoms with van der Waals surface area (Å²) in [7, 11) is 0. The lowest BCUT2D eigenvalue weighted by molar-refractivity contribution is -0.124. The van der Waals surface area contributed by atoms with Crippen molar-refractivity contribution in [1.82, 2.24) is 5.43 Å². The molecule has 2 rings (SSSR count). The number of benzene rings is 2. The Morgan fingerprint density at radius 3 is 2.45 bits per heavy atom. The Morgan fingerprint density at radius 1 is 1.06 bits per heavy atom. The lowest BCUT2D eigenvalue weighted by Crippen LogP contribution is -2.20. The van der Waals surface area contributed by atoms with Gasteiger partial charge in [0, 0.05) is 18.5 Å². The highest BCUT2D eigenvalue weighted by molar-refractivity contribution is 14.1. The first-order valence-corrected chi connectivity index (χ1v) is 11.3. The molecule has 0 radical (unpaired) electrons. The number of hydrogen-bond donors (Lipinski definition) is 2. The standard InChI is InChI=1S/C23H28IN3O4/c1-4-12-31-23-19(24)13-17(14-20(23)30-5-2)15-25-27-22(29)11-10-21(28)26-18-8-6-16(3)7-9-18/h6-9,13-15H,4-5,10-12H2,1-3H3,(H,26,28)(H,27,29). The Hall–Kier alpha value is -2.62. The third kappa shape index (κ3) is 8.56. The van der Waals surface area contributed by atoms with Crippen molar-refractivity contribution in [1.29, 1.82) is 0 Å². The van der Waals surface area contributed by atoms with Crippen molar-refractivity contribution in [2.75, 3.05) is 18.5 Å². The van der Waals surface area contributed by atoms with E-state index in [1.54, 1.807) is 6.21 Å². The molecule has 166 valence electrons. The molecule has 0 saturated carbocycles. The molecule has 0 unspecified atom stereocenters. The Kier molecular flexibility index (Phi) is 10.3. The third-order valence-corrected chi connectivity index (χ3v) is 4.90. The van der Waals surface area contributed by atoms with Crippen LogP contribution >= 0.6 is 22.6 Å². The molecule has 0 bridgehead atoms. The first kappa shape index (κ1) is 24.6. The van der Waals surface area contributed by atoms with Gasteiger partial charge in [0.15, 0.2) is 11.5 Å². The van der Waals surface area contributed by atoms with Gasteiger partial charge in [0.2, 0.25) is 11.8 Å². The van der Waals surface area contributed by atoms with Crippen LogP contribution < -0.4 is 20.2 Å². The average Bonchev–Trinajstić information content (AvgIpc) is 2.74. The van der Waals surface area contributed by atoms with E-state index in [9.17, 15) is 9.59 Å². The van der Waals surface area contributed by atoms with Gasteiger partial charge in [-0.15, -0.1) is 0 Å². The van der Waals surface area contributed by atoms with E-state index in [0.29, 0.717) is 30.4 Å². The maximum atomic E-state index is 12.0. The molecular weight excluding hydrogens is 509 g/mol. The zero-order valence-corrected chi connectivity index (χ0v) is 20.2. The van der Waals surface area contributed by atoms with E-state index < -0.39 is 0 Å². The van der Waals surface area contributed by atoms with Gasteiger partial charge >= 0.3 is 0 Å². The van der Waals surface area contributed by atoms with Crippen LogP contribution in [0.15, 0.2) is 41.5 Å². The van der Waals surface area contributed by atoms with Crippen LogP contribution in [0, 0.1) is 10.5 Å². The number of carbonyl (C=O) groups excluding carboxylic acids is 2. The first-order chi connectivity index (χ1) is 14.9. The number of rotatable bonds is 11. The zero-order valence-electron chi connectivity index (χ0n) is 18.0. The fourth-order valence-electron chi connectivity index (χ4n) is 2.59. The van der Waals surface area contributed by atoms with Gasteiger partial charge in [-0.1, -0.05) is 24.6 Å². The molecule has 0 aliphatic rings. The maximum absolute atomic E-state index is 12.0. The molecule has 0 aromatic heterocycles. The summed E-state index contributed by atoms with van der Waals surface area (Å²) in [6.07, 6.45) is 2.56. The van der Waals surface area contributed by atoms with Crippen LogP contribution in [0.4, 0.5) is 5.69 Å². The normalized spacial score (nSPS) is 10.7. The van der Waals surface area contributed by atoms with Gasteiger partial charge in [-0.3, -0.25) is 9.59 Å². The molecule has 0 heterocycles. The SMILES string of the molecule is CCCOc1c(I)cc(C=NNC(=O)CCC(=O)Nc2ccc(C)cc2)cc1OCC. The second-order valence-electron chi connectivity index (χ2n) is 6.82. The number of nitrogens with zero attached hydrogens (tertiary/aromatic N) is 1. The third-order valence-electron chi connectivity index (χ3n) is 4.10. The van der Waals surface area contributed by atoms with Gasteiger partial charge in [0.1, 0.15) is 0 Å². The minimum atomic E-state index is -0.335. The number of nitrogens with one attached hydrogen (secondary N) is 2. The van der Waals surface area contributed by atoms with Crippen LogP contribution in [0.3, 0.4) is 0 Å². The summed E-state index contributed by atoms with van der Waals surface area (Å²) >= 11 is 2.19. The number of halogens is 1. The predicted octanol–water partition coefficient (Wildman–Crippen LogP) is 4.66. The highest BCUT2D eigenvalue weighted by atomic mass is 127. The molecule has 0 spiro atoms. The van der Waals surface area contributed by atoms with Gasteiger partial charge < -0.3 is 14.8 Å². The average molecular weight is 537 g/mol. The number of carbonyl (C=O) groups is 2. The summed E-state index contributed by atoms with van der Waals surface area (Å²) in [5.41, 5.74) is 5.05. The highest BCUT2D eigenvalue weighted by Gasteiger charge is 2.12. The summed E-state index contributed by atoms with van der Waals surface area (Å²) in [6, 6.07) is 11.2. The van der Waals surface area contributed by atoms with Crippen molar-refractivity contribution in [3.63, 3.8) is 0 Å². The van der Waals surface area contributed by atoms with Gasteiger partial charge in [-0.05, 0) is 72.7 Å². The minimum absolute atomic E-state index is 0.0422. The van der Waals surface area contributed by atoms with Crippen LogP contribution in [0.2, 0.25) is 0 Å². The van der Waals surface area contributed by atoms with Crippen molar-refractivity contribution in [3.05, 3.63) is 51.1 Å². The fraction of sp³-hybridized carbons (Fsp3) is 0.348. The molecule has 0 atom stereocenters. The lowest BCUT2D eigenvalue weighted by Gasteiger charge is -2.14. The van der Waals surface area contributed by atoms with Crippen molar-refractivity contribution >= 4 is 46.3 Å². The van der Waals surface area contributed by atoms with Gasteiger partial charge in [0.05, 0.1) is 23.0 Å². The molecule has 7 nitrogen and oxygen atoms in total. The van der Waals surface area contributed by atoms with Crippen molar-refractivity contribution in [2.24, 2.45) is 5.10 Å². The Morgan fingerprint density at radius 2 is 1.77 bits per heavy atom. The van der Waals surface area contributed by atoms with Crippen molar-refractivity contribution in [2.45, 2.75) is 40.0 Å². The minimum Gasteiger partial charge on any atom is -0.490 e. The Balaban J connectivity index is 1.87. The molecule has 2 amide bonds. The van der Waals surface area contributed by atoms with Crippen molar-refractivity contribution in [3.8, 4) is 11.5 Å². The molecule has 0 aliphatic heterocycles. The largest absolute Gasteiger partial charge is 0.490 e. The Bertz CT molecular complexity index is 914.